The number of nitrogens with zero attached hydrogens (tertiary/aromatic N) is 3. The van der Waals surface area contributed by atoms with E-state index in [4.69, 9.17) is 4.52 Å². The molecule has 1 saturated heterocycles. The lowest BCUT2D eigenvalue weighted by Crippen LogP contribution is -2.36. The van der Waals surface area contributed by atoms with E-state index in [9.17, 15) is 0 Å². The van der Waals surface area contributed by atoms with Crippen LogP contribution < -0.4 is 5.32 Å². The molecule has 2 heterocycles. The summed E-state index contributed by atoms with van der Waals surface area (Å²) in [5, 5.41) is 7.57. The second kappa shape index (κ2) is 7.92. The quantitative estimate of drug-likeness (QED) is 0.794. The molecule has 1 aromatic rings. The lowest BCUT2D eigenvalue weighted by atomic mass is 10.2. The molecule has 2 rings (SSSR count). The van der Waals surface area contributed by atoms with Crippen LogP contribution in [0.3, 0.4) is 0 Å². The van der Waals surface area contributed by atoms with Crippen molar-refractivity contribution in [2.45, 2.75) is 45.8 Å². The van der Waals surface area contributed by atoms with Crippen molar-refractivity contribution in [1.82, 2.24) is 20.3 Å². The minimum atomic E-state index is 0.646. The summed E-state index contributed by atoms with van der Waals surface area (Å²) < 4.78 is 5.49. The van der Waals surface area contributed by atoms with Gasteiger partial charge in [0.2, 0.25) is 0 Å². The van der Waals surface area contributed by atoms with Gasteiger partial charge >= 0.3 is 0 Å². The highest BCUT2D eigenvalue weighted by Crippen LogP contribution is 2.20. The Morgan fingerprint density at radius 3 is 3.00 bits per heavy atom. The molecule has 0 aromatic carbocycles. The summed E-state index contributed by atoms with van der Waals surface area (Å²) in [6, 6.07) is 2.74. The Labute approximate surface area is 128 Å². The van der Waals surface area contributed by atoms with E-state index in [2.05, 4.69) is 54.3 Å². The fourth-order valence-electron chi connectivity index (χ4n) is 2.93. The highest BCUT2D eigenvalue weighted by molar-refractivity contribution is 5.05. The first-order valence-corrected chi connectivity index (χ1v) is 8.08. The Bertz CT molecular complexity index is 416. The van der Waals surface area contributed by atoms with Crippen LogP contribution in [-0.2, 0) is 13.1 Å². The van der Waals surface area contributed by atoms with Crippen molar-refractivity contribution in [3.05, 3.63) is 17.5 Å². The molecule has 21 heavy (non-hydrogen) atoms. The van der Waals surface area contributed by atoms with Crippen LogP contribution in [0.4, 0.5) is 0 Å². The van der Waals surface area contributed by atoms with Crippen LogP contribution in [0, 0.1) is 5.92 Å². The van der Waals surface area contributed by atoms with Crippen molar-refractivity contribution in [1.29, 1.82) is 0 Å². The summed E-state index contributed by atoms with van der Waals surface area (Å²) in [6.45, 7) is 9.40. The van der Waals surface area contributed by atoms with Gasteiger partial charge in [0.25, 0.3) is 0 Å². The second-order valence-corrected chi connectivity index (χ2v) is 6.84. The molecule has 1 aliphatic rings. The molecule has 1 fully saturated rings. The van der Waals surface area contributed by atoms with E-state index in [-0.39, 0.29) is 0 Å². The lowest BCUT2D eigenvalue weighted by Gasteiger charge is -2.25. The van der Waals surface area contributed by atoms with Gasteiger partial charge < -0.3 is 14.7 Å². The first-order valence-electron chi connectivity index (χ1n) is 8.08. The number of likely N-dealkylation sites (tertiary alicyclic amines) is 1. The smallest absolute Gasteiger partial charge is 0.151 e. The molecular weight excluding hydrogens is 264 g/mol. The zero-order chi connectivity index (χ0) is 15.2. The number of hydrogen-bond donors (Lipinski definition) is 1. The molecule has 1 N–H and O–H groups in total. The van der Waals surface area contributed by atoms with Crippen molar-refractivity contribution >= 4 is 0 Å². The Morgan fingerprint density at radius 2 is 2.29 bits per heavy atom. The topological polar surface area (TPSA) is 44.5 Å². The summed E-state index contributed by atoms with van der Waals surface area (Å²) >= 11 is 0. The molecule has 120 valence electrons. The van der Waals surface area contributed by atoms with Crippen LogP contribution in [0.2, 0.25) is 0 Å². The van der Waals surface area contributed by atoms with Crippen LogP contribution >= 0.6 is 0 Å². The fourth-order valence-corrected chi connectivity index (χ4v) is 2.93. The molecule has 0 amide bonds. The maximum atomic E-state index is 5.49. The maximum Gasteiger partial charge on any atom is 0.151 e. The zero-order valence-corrected chi connectivity index (χ0v) is 13.9. The molecule has 0 bridgehead atoms. The zero-order valence-electron chi connectivity index (χ0n) is 13.9. The van der Waals surface area contributed by atoms with Gasteiger partial charge in [-0.25, -0.2) is 0 Å². The van der Waals surface area contributed by atoms with E-state index in [0.29, 0.717) is 12.0 Å². The van der Waals surface area contributed by atoms with Gasteiger partial charge in [-0.2, -0.15) is 0 Å². The van der Waals surface area contributed by atoms with E-state index in [0.717, 1.165) is 37.6 Å². The van der Waals surface area contributed by atoms with Crippen molar-refractivity contribution in [3.8, 4) is 0 Å². The molecule has 1 aliphatic heterocycles. The first-order chi connectivity index (χ1) is 10.0. The van der Waals surface area contributed by atoms with Gasteiger partial charge in [-0.1, -0.05) is 19.0 Å². The fraction of sp³-hybridized carbons (Fsp3) is 0.812. The SMILES string of the molecule is CC(C)CNCc1cc(CN2CCCC2CN(C)C)on1. The normalized spacial score (nSPS) is 20.0. The second-order valence-electron chi connectivity index (χ2n) is 6.84. The van der Waals surface area contributed by atoms with E-state index < -0.39 is 0 Å². The minimum absolute atomic E-state index is 0.646. The number of aromatic nitrogens is 1. The van der Waals surface area contributed by atoms with Gasteiger partial charge in [-0.05, 0) is 45.9 Å². The van der Waals surface area contributed by atoms with Crippen molar-refractivity contribution in [2.75, 3.05) is 33.7 Å². The molecule has 5 heteroatoms. The molecule has 0 radical (unpaired) electrons. The molecule has 1 unspecified atom stereocenters. The highest BCUT2D eigenvalue weighted by Gasteiger charge is 2.25. The van der Waals surface area contributed by atoms with Gasteiger partial charge in [0.15, 0.2) is 5.76 Å². The standard InChI is InChI=1S/C16H30N4O/c1-13(2)9-17-10-14-8-16(21-18-14)12-20-7-5-6-15(20)11-19(3)4/h8,13,15,17H,5-7,9-12H2,1-4H3. The van der Waals surface area contributed by atoms with Crippen molar-refractivity contribution in [3.63, 3.8) is 0 Å². The summed E-state index contributed by atoms with van der Waals surface area (Å²) in [5.41, 5.74) is 1.01. The average molecular weight is 294 g/mol. The third kappa shape index (κ3) is 5.41. The number of rotatable bonds is 8. The third-order valence-corrected chi connectivity index (χ3v) is 3.90. The van der Waals surface area contributed by atoms with Gasteiger partial charge in [-0.15, -0.1) is 0 Å². The predicted octanol–water partition coefficient (Wildman–Crippen LogP) is 1.95. The molecule has 5 nitrogen and oxygen atoms in total. The number of likely N-dealkylation sites (N-methyl/N-ethyl adjacent to an activating group) is 1. The minimum Gasteiger partial charge on any atom is -0.360 e. The van der Waals surface area contributed by atoms with Gasteiger partial charge in [0, 0.05) is 25.2 Å². The molecule has 1 aromatic heterocycles. The van der Waals surface area contributed by atoms with E-state index in [1.54, 1.807) is 0 Å². The maximum absolute atomic E-state index is 5.49. The Kier molecular flexibility index (Phi) is 6.21. The summed E-state index contributed by atoms with van der Waals surface area (Å²) in [4.78, 5) is 4.79. The highest BCUT2D eigenvalue weighted by atomic mass is 16.5. The Hall–Kier alpha value is -0.910. The van der Waals surface area contributed by atoms with Crippen LogP contribution in [0.25, 0.3) is 0 Å². The van der Waals surface area contributed by atoms with Crippen LogP contribution in [0.15, 0.2) is 10.6 Å². The van der Waals surface area contributed by atoms with E-state index >= 15 is 0 Å². The number of nitrogens with one attached hydrogen (secondary N) is 1. The van der Waals surface area contributed by atoms with Crippen molar-refractivity contribution < 1.29 is 4.52 Å². The van der Waals surface area contributed by atoms with Crippen LogP contribution in [0.1, 0.15) is 38.1 Å². The van der Waals surface area contributed by atoms with E-state index in [1.165, 1.54) is 19.4 Å². The lowest BCUT2D eigenvalue weighted by molar-refractivity contribution is 0.182. The molecule has 0 aliphatic carbocycles. The Balaban J connectivity index is 1.81. The average Bonchev–Trinajstić information content (AvgIpc) is 3.00. The number of hydrogen-bond acceptors (Lipinski definition) is 5. The first kappa shape index (κ1) is 16.5. The largest absolute Gasteiger partial charge is 0.360 e. The summed E-state index contributed by atoms with van der Waals surface area (Å²) in [6.07, 6.45) is 2.57. The van der Waals surface area contributed by atoms with Gasteiger partial charge in [0.05, 0.1) is 12.2 Å². The molecule has 0 spiro atoms. The van der Waals surface area contributed by atoms with Gasteiger partial charge in [-0.3, -0.25) is 4.90 Å². The van der Waals surface area contributed by atoms with Crippen molar-refractivity contribution in [2.24, 2.45) is 5.92 Å². The molecule has 0 saturated carbocycles. The molecule has 1 atom stereocenters. The monoisotopic (exact) mass is 294 g/mol. The van der Waals surface area contributed by atoms with Crippen LogP contribution in [-0.4, -0.2) is 54.7 Å². The summed E-state index contributed by atoms with van der Waals surface area (Å²) in [5.74, 6) is 1.65. The third-order valence-electron chi connectivity index (χ3n) is 3.90. The summed E-state index contributed by atoms with van der Waals surface area (Å²) in [7, 11) is 4.28. The predicted molar refractivity (Wildman–Crippen MR) is 85.0 cm³/mol. The van der Waals surface area contributed by atoms with Crippen LogP contribution in [0.5, 0.6) is 0 Å². The Morgan fingerprint density at radius 1 is 1.48 bits per heavy atom. The van der Waals surface area contributed by atoms with E-state index in [1.807, 2.05) is 0 Å². The van der Waals surface area contributed by atoms with Gasteiger partial charge in [0.1, 0.15) is 0 Å². The molecular formula is C16H30N4O.